The van der Waals surface area contributed by atoms with Crippen molar-refractivity contribution < 1.29 is 14.2 Å². The van der Waals surface area contributed by atoms with Crippen molar-refractivity contribution in [2.45, 2.75) is 18.6 Å². The molecule has 0 bridgehead atoms. The topological polar surface area (TPSA) is 43.0 Å². The van der Waals surface area contributed by atoms with E-state index in [0.717, 1.165) is 44.3 Å². The van der Waals surface area contributed by atoms with Crippen LogP contribution in [-0.2, 0) is 11.3 Å². The number of morpholine rings is 1. The van der Waals surface area contributed by atoms with Crippen LogP contribution in [0.15, 0.2) is 42.5 Å². The number of benzene rings is 2. The van der Waals surface area contributed by atoms with E-state index >= 15 is 0 Å². The van der Waals surface area contributed by atoms with Crippen molar-refractivity contribution in [3.63, 3.8) is 0 Å². The van der Waals surface area contributed by atoms with E-state index in [9.17, 15) is 0 Å². The number of hydrogen-bond donors (Lipinski definition) is 1. The summed E-state index contributed by atoms with van der Waals surface area (Å²) >= 11 is 0. The molecule has 2 unspecified atom stereocenters. The summed E-state index contributed by atoms with van der Waals surface area (Å²) in [5.74, 6) is 2.18. The van der Waals surface area contributed by atoms with Crippen LogP contribution in [0.2, 0.25) is 0 Å². The number of fused-ring (bicyclic) bond motifs is 1. The average Bonchev–Trinajstić information content (AvgIpc) is 2.72. The Labute approximate surface area is 161 Å². The summed E-state index contributed by atoms with van der Waals surface area (Å²) in [5.41, 5.74) is 4.05. The third kappa shape index (κ3) is 4.26. The monoisotopic (exact) mass is 368 g/mol. The molecule has 0 aliphatic carbocycles. The molecular weight excluding hydrogens is 340 g/mol. The van der Waals surface area contributed by atoms with Gasteiger partial charge in [-0.2, -0.15) is 0 Å². The summed E-state index contributed by atoms with van der Waals surface area (Å²) in [7, 11) is 3.88. The second kappa shape index (κ2) is 8.30. The molecule has 4 rings (SSSR count). The minimum Gasteiger partial charge on any atom is -0.497 e. The normalized spacial score (nSPS) is 22.9. The van der Waals surface area contributed by atoms with Crippen molar-refractivity contribution >= 4 is 0 Å². The number of nitrogens with zero attached hydrogens (tertiary/aromatic N) is 1. The summed E-state index contributed by atoms with van der Waals surface area (Å²) in [6, 6.07) is 14.9. The van der Waals surface area contributed by atoms with Gasteiger partial charge >= 0.3 is 0 Å². The van der Waals surface area contributed by atoms with Crippen LogP contribution >= 0.6 is 0 Å². The highest BCUT2D eigenvalue weighted by molar-refractivity contribution is 5.45. The van der Waals surface area contributed by atoms with E-state index < -0.39 is 0 Å². The number of methoxy groups -OCH3 is 1. The molecule has 0 spiro atoms. The highest BCUT2D eigenvalue weighted by atomic mass is 16.5. The van der Waals surface area contributed by atoms with Crippen molar-refractivity contribution in [3.05, 3.63) is 59.2 Å². The van der Waals surface area contributed by atoms with Gasteiger partial charge in [0, 0.05) is 32.1 Å². The Morgan fingerprint density at radius 1 is 1.15 bits per heavy atom. The van der Waals surface area contributed by atoms with Crippen LogP contribution in [-0.4, -0.2) is 58.0 Å². The number of nitrogens with one attached hydrogen (secondary N) is 1. The van der Waals surface area contributed by atoms with Crippen molar-refractivity contribution in [1.82, 2.24) is 10.2 Å². The van der Waals surface area contributed by atoms with Gasteiger partial charge in [-0.25, -0.2) is 0 Å². The van der Waals surface area contributed by atoms with Crippen molar-refractivity contribution in [2.75, 3.05) is 47.0 Å². The first-order valence-electron chi connectivity index (χ1n) is 9.63. The molecule has 1 fully saturated rings. The summed E-state index contributed by atoms with van der Waals surface area (Å²) in [4.78, 5) is 2.37. The molecule has 5 nitrogen and oxygen atoms in total. The zero-order valence-electron chi connectivity index (χ0n) is 16.1. The molecule has 2 atom stereocenters. The van der Waals surface area contributed by atoms with Crippen LogP contribution in [0.4, 0.5) is 0 Å². The number of hydrogen-bond acceptors (Lipinski definition) is 5. The molecule has 0 aromatic heterocycles. The first-order valence-corrected chi connectivity index (χ1v) is 9.63. The van der Waals surface area contributed by atoms with E-state index in [2.05, 4.69) is 47.6 Å². The highest BCUT2D eigenvalue weighted by Crippen LogP contribution is 2.35. The SMILES string of the molecule is COc1ccc(C2CN(C)Cc3cc(OCC4CNCCO4)ccc32)cc1. The Morgan fingerprint density at radius 3 is 2.70 bits per heavy atom. The second-order valence-corrected chi connectivity index (χ2v) is 7.39. The Bertz CT molecular complexity index is 757. The Morgan fingerprint density at radius 2 is 1.96 bits per heavy atom. The van der Waals surface area contributed by atoms with E-state index in [1.165, 1.54) is 16.7 Å². The van der Waals surface area contributed by atoms with Gasteiger partial charge in [0.2, 0.25) is 0 Å². The summed E-state index contributed by atoms with van der Waals surface area (Å²) < 4.78 is 17.0. The Hall–Kier alpha value is -2.08. The van der Waals surface area contributed by atoms with Crippen LogP contribution in [0.3, 0.4) is 0 Å². The first kappa shape index (κ1) is 18.3. The minimum atomic E-state index is 0.129. The number of rotatable bonds is 5. The average molecular weight is 368 g/mol. The van der Waals surface area contributed by atoms with E-state index in [4.69, 9.17) is 14.2 Å². The zero-order chi connectivity index (χ0) is 18.6. The van der Waals surface area contributed by atoms with Crippen LogP contribution < -0.4 is 14.8 Å². The predicted molar refractivity (Wildman–Crippen MR) is 106 cm³/mol. The maximum Gasteiger partial charge on any atom is 0.119 e. The molecular formula is C22H28N2O3. The van der Waals surface area contributed by atoms with Gasteiger partial charge in [0.05, 0.1) is 13.7 Å². The Kier molecular flexibility index (Phi) is 5.62. The van der Waals surface area contributed by atoms with E-state index in [1.807, 2.05) is 12.1 Å². The molecule has 2 aliphatic rings. The van der Waals surface area contributed by atoms with E-state index in [0.29, 0.717) is 12.5 Å². The van der Waals surface area contributed by atoms with Crippen LogP contribution in [0.1, 0.15) is 22.6 Å². The first-order chi connectivity index (χ1) is 13.2. The van der Waals surface area contributed by atoms with Gasteiger partial charge < -0.3 is 24.4 Å². The third-order valence-electron chi connectivity index (χ3n) is 5.38. The molecule has 5 heteroatoms. The fraction of sp³-hybridized carbons (Fsp3) is 0.455. The molecule has 0 amide bonds. The molecule has 1 saturated heterocycles. The lowest BCUT2D eigenvalue weighted by Crippen LogP contribution is -2.41. The van der Waals surface area contributed by atoms with E-state index in [1.54, 1.807) is 7.11 Å². The molecule has 2 aromatic carbocycles. The van der Waals surface area contributed by atoms with Crippen LogP contribution in [0.25, 0.3) is 0 Å². The lowest BCUT2D eigenvalue weighted by atomic mass is 9.84. The molecule has 0 saturated carbocycles. The fourth-order valence-electron chi connectivity index (χ4n) is 3.95. The second-order valence-electron chi connectivity index (χ2n) is 7.39. The summed E-state index contributed by atoms with van der Waals surface area (Å²) in [6.07, 6.45) is 0.129. The molecule has 2 heterocycles. The fourth-order valence-corrected chi connectivity index (χ4v) is 3.95. The standard InChI is InChI=1S/C22H28N2O3/c1-24-13-17-11-19(27-15-20-12-23-9-10-26-20)7-8-21(17)22(14-24)16-3-5-18(25-2)6-4-16/h3-8,11,20,22-23H,9-10,12-15H2,1-2H3. The number of ether oxygens (including phenoxy) is 3. The lowest BCUT2D eigenvalue weighted by molar-refractivity contribution is 0.000160. The largest absolute Gasteiger partial charge is 0.497 e. The van der Waals surface area contributed by atoms with Crippen molar-refractivity contribution in [2.24, 2.45) is 0 Å². The quantitative estimate of drug-likeness (QED) is 0.879. The smallest absolute Gasteiger partial charge is 0.119 e. The maximum atomic E-state index is 6.02. The van der Waals surface area contributed by atoms with Crippen molar-refractivity contribution in [3.8, 4) is 11.5 Å². The molecule has 1 N–H and O–H groups in total. The highest BCUT2D eigenvalue weighted by Gasteiger charge is 2.25. The molecule has 2 aromatic rings. The van der Waals surface area contributed by atoms with Gasteiger partial charge in [-0.3, -0.25) is 0 Å². The zero-order valence-corrected chi connectivity index (χ0v) is 16.1. The van der Waals surface area contributed by atoms with Crippen LogP contribution in [0, 0.1) is 0 Å². The lowest BCUT2D eigenvalue weighted by Gasteiger charge is -2.33. The molecule has 27 heavy (non-hydrogen) atoms. The molecule has 2 aliphatic heterocycles. The van der Waals surface area contributed by atoms with Crippen molar-refractivity contribution in [1.29, 1.82) is 0 Å². The number of likely N-dealkylation sites (N-methyl/N-ethyl adjacent to an activating group) is 1. The van der Waals surface area contributed by atoms with Gasteiger partial charge in [-0.15, -0.1) is 0 Å². The van der Waals surface area contributed by atoms with Gasteiger partial charge in [0.25, 0.3) is 0 Å². The third-order valence-corrected chi connectivity index (χ3v) is 5.38. The maximum absolute atomic E-state index is 6.02. The Balaban J connectivity index is 1.51. The van der Waals surface area contributed by atoms with Gasteiger partial charge in [-0.1, -0.05) is 18.2 Å². The van der Waals surface area contributed by atoms with Crippen LogP contribution in [0.5, 0.6) is 11.5 Å². The minimum absolute atomic E-state index is 0.129. The summed E-state index contributed by atoms with van der Waals surface area (Å²) in [5, 5.41) is 3.34. The van der Waals surface area contributed by atoms with Gasteiger partial charge in [0.1, 0.15) is 24.2 Å². The van der Waals surface area contributed by atoms with E-state index in [-0.39, 0.29) is 6.10 Å². The van der Waals surface area contributed by atoms with Gasteiger partial charge in [0.15, 0.2) is 0 Å². The van der Waals surface area contributed by atoms with Gasteiger partial charge in [-0.05, 0) is 48.0 Å². The summed E-state index contributed by atoms with van der Waals surface area (Å²) in [6.45, 7) is 5.08. The molecule has 0 radical (unpaired) electrons. The molecule has 144 valence electrons. The predicted octanol–water partition coefficient (Wildman–Crippen LogP) is 2.64.